The summed E-state index contributed by atoms with van der Waals surface area (Å²) < 4.78 is 10.5. The number of nitrogens with one attached hydrogen (secondary N) is 1. The Morgan fingerprint density at radius 1 is 1.35 bits per heavy atom. The normalized spacial score (nSPS) is 17.5. The molecule has 6 nitrogen and oxygen atoms in total. The van der Waals surface area contributed by atoms with Crippen LogP contribution in [0.2, 0.25) is 0 Å². The molecule has 26 heavy (non-hydrogen) atoms. The van der Waals surface area contributed by atoms with Crippen molar-refractivity contribution >= 4 is 17.2 Å². The van der Waals surface area contributed by atoms with Crippen molar-refractivity contribution in [1.29, 1.82) is 0 Å². The van der Waals surface area contributed by atoms with Crippen LogP contribution in [0.15, 0.2) is 24.3 Å². The summed E-state index contributed by atoms with van der Waals surface area (Å²) in [5.74, 6) is 0.694. The lowest BCUT2D eigenvalue weighted by molar-refractivity contribution is -0.130. The largest absolute Gasteiger partial charge is 0.497 e. The van der Waals surface area contributed by atoms with E-state index in [9.17, 15) is 4.79 Å². The van der Waals surface area contributed by atoms with Crippen LogP contribution in [0.4, 0.5) is 0 Å². The predicted octanol–water partition coefficient (Wildman–Crippen LogP) is 2.81. The van der Waals surface area contributed by atoms with Gasteiger partial charge < -0.3 is 20.5 Å². The number of nitrogens with two attached hydrogens (primary N) is 1. The van der Waals surface area contributed by atoms with E-state index in [2.05, 4.69) is 10.3 Å². The number of aryl methyl sites for hydroxylation is 1. The number of carbonyl (C=O) groups excluding carboxylic acids is 1. The first-order chi connectivity index (χ1) is 12.4. The van der Waals surface area contributed by atoms with Crippen molar-refractivity contribution < 1.29 is 14.3 Å². The fraction of sp³-hybridized carbons (Fsp3) is 0.474. The van der Waals surface area contributed by atoms with Gasteiger partial charge in [0.25, 0.3) is 0 Å². The lowest BCUT2D eigenvalue weighted by Gasteiger charge is -2.32. The highest BCUT2D eigenvalue weighted by Gasteiger charge is 2.36. The van der Waals surface area contributed by atoms with Crippen LogP contribution in [0.5, 0.6) is 5.75 Å². The van der Waals surface area contributed by atoms with Crippen molar-refractivity contribution in [3.63, 3.8) is 0 Å². The van der Waals surface area contributed by atoms with Crippen LogP contribution >= 0.6 is 11.3 Å². The van der Waals surface area contributed by atoms with Gasteiger partial charge in [0.15, 0.2) is 0 Å². The van der Waals surface area contributed by atoms with E-state index in [1.165, 1.54) is 0 Å². The molecule has 0 aliphatic carbocycles. The molecule has 1 aromatic carbocycles. The highest BCUT2D eigenvalue weighted by molar-refractivity contribution is 7.15. The number of hydrogen-bond donors (Lipinski definition) is 2. The van der Waals surface area contributed by atoms with Gasteiger partial charge in [-0.05, 0) is 51.0 Å². The van der Waals surface area contributed by atoms with Crippen molar-refractivity contribution in [2.45, 2.75) is 38.3 Å². The SMILES string of the molecule is COc1ccc(-c2nc(C)c(C(C)NC(=O)C3(N)CCOCC3)s2)cc1. The monoisotopic (exact) mass is 375 g/mol. The minimum atomic E-state index is -0.843. The van der Waals surface area contributed by atoms with E-state index in [1.807, 2.05) is 38.1 Å². The van der Waals surface area contributed by atoms with Gasteiger partial charge in [-0.2, -0.15) is 0 Å². The van der Waals surface area contributed by atoms with Crippen LogP contribution in [0.25, 0.3) is 10.6 Å². The summed E-state index contributed by atoms with van der Waals surface area (Å²) in [5, 5.41) is 3.99. The van der Waals surface area contributed by atoms with Gasteiger partial charge in [-0.25, -0.2) is 4.98 Å². The summed E-state index contributed by atoms with van der Waals surface area (Å²) in [6.07, 6.45) is 1.09. The Bertz CT molecular complexity index is 767. The molecule has 1 aliphatic heterocycles. The molecule has 3 N–H and O–H groups in total. The molecule has 1 aromatic heterocycles. The number of amides is 1. The molecule has 1 unspecified atom stereocenters. The number of methoxy groups -OCH3 is 1. The molecular weight excluding hydrogens is 350 g/mol. The smallest absolute Gasteiger partial charge is 0.240 e. The van der Waals surface area contributed by atoms with E-state index in [-0.39, 0.29) is 11.9 Å². The predicted molar refractivity (Wildman–Crippen MR) is 102 cm³/mol. The van der Waals surface area contributed by atoms with E-state index < -0.39 is 5.54 Å². The van der Waals surface area contributed by atoms with Crippen LogP contribution in [0, 0.1) is 6.92 Å². The van der Waals surface area contributed by atoms with E-state index in [1.54, 1.807) is 18.4 Å². The van der Waals surface area contributed by atoms with Gasteiger partial charge in [0.1, 0.15) is 10.8 Å². The van der Waals surface area contributed by atoms with Gasteiger partial charge in [-0.1, -0.05) is 0 Å². The second kappa shape index (κ2) is 7.73. The fourth-order valence-corrected chi connectivity index (χ4v) is 4.11. The molecule has 1 aliphatic rings. The second-order valence-electron chi connectivity index (χ2n) is 6.66. The summed E-state index contributed by atoms with van der Waals surface area (Å²) in [7, 11) is 1.65. The molecule has 1 saturated heterocycles. The number of hydrogen-bond acceptors (Lipinski definition) is 6. The van der Waals surface area contributed by atoms with E-state index in [4.69, 9.17) is 15.2 Å². The Labute approximate surface area is 157 Å². The third kappa shape index (κ3) is 3.90. The summed E-state index contributed by atoms with van der Waals surface area (Å²) in [5.41, 5.74) is 7.38. The Morgan fingerprint density at radius 3 is 2.62 bits per heavy atom. The van der Waals surface area contributed by atoms with Crippen LogP contribution in [0.1, 0.15) is 36.4 Å². The second-order valence-corrected chi connectivity index (χ2v) is 7.69. The van der Waals surface area contributed by atoms with E-state index >= 15 is 0 Å². The number of thiazole rings is 1. The molecule has 2 aromatic rings. The summed E-state index contributed by atoms with van der Waals surface area (Å²) in [6.45, 7) is 4.99. The molecular formula is C19H25N3O3S. The molecule has 0 bridgehead atoms. The third-order valence-electron chi connectivity index (χ3n) is 4.75. The lowest BCUT2D eigenvalue weighted by Crippen LogP contribution is -2.57. The topological polar surface area (TPSA) is 86.5 Å². The molecule has 0 radical (unpaired) electrons. The maximum atomic E-state index is 12.6. The number of ether oxygens (including phenoxy) is 2. The zero-order chi connectivity index (χ0) is 18.7. The van der Waals surface area contributed by atoms with Gasteiger partial charge in [0, 0.05) is 18.8 Å². The van der Waals surface area contributed by atoms with Gasteiger partial charge >= 0.3 is 0 Å². The average Bonchev–Trinajstić information content (AvgIpc) is 3.04. The molecule has 2 heterocycles. The first-order valence-electron chi connectivity index (χ1n) is 8.72. The quantitative estimate of drug-likeness (QED) is 0.839. The molecule has 7 heteroatoms. The Hall–Kier alpha value is -1.96. The zero-order valence-electron chi connectivity index (χ0n) is 15.4. The van der Waals surface area contributed by atoms with Crippen molar-refractivity contribution in [2.24, 2.45) is 5.73 Å². The Balaban J connectivity index is 1.74. The number of rotatable bonds is 5. The summed E-state index contributed by atoms with van der Waals surface area (Å²) in [6, 6.07) is 7.66. The number of aromatic nitrogens is 1. The molecule has 3 rings (SSSR count). The van der Waals surface area contributed by atoms with Crippen LogP contribution < -0.4 is 15.8 Å². The third-order valence-corrected chi connectivity index (χ3v) is 6.14. The van der Waals surface area contributed by atoms with Gasteiger partial charge in [-0.15, -0.1) is 11.3 Å². The highest BCUT2D eigenvalue weighted by Crippen LogP contribution is 2.33. The number of nitrogens with zero attached hydrogens (tertiary/aromatic N) is 1. The van der Waals surface area contributed by atoms with E-state index in [0.717, 1.165) is 26.9 Å². The van der Waals surface area contributed by atoms with Gasteiger partial charge in [0.2, 0.25) is 5.91 Å². The van der Waals surface area contributed by atoms with Crippen molar-refractivity contribution in [1.82, 2.24) is 10.3 Å². The first-order valence-corrected chi connectivity index (χ1v) is 9.54. The van der Waals surface area contributed by atoms with Crippen molar-refractivity contribution in [2.75, 3.05) is 20.3 Å². The molecule has 0 spiro atoms. The maximum Gasteiger partial charge on any atom is 0.240 e. The highest BCUT2D eigenvalue weighted by atomic mass is 32.1. The van der Waals surface area contributed by atoms with Gasteiger partial charge in [-0.3, -0.25) is 4.79 Å². The molecule has 0 saturated carbocycles. The standard InChI is InChI=1S/C19H25N3O3S/c1-12-16(13(2)22-18(23)19(20)8-10-25-11-9-19)26-17(21-12)14-4-6-15(24-3)7-5-14/h4-7,13H,8-11,20H2,1-3H3,(H,22,23). The maximum absolute atomic E-state index is 12.6. The lowest BCUT2D eigenvalue weighted by atomic mass is 9.90. The van der Waals surface area contributed by atoms with Crippen LogP contribution in [-0.2, 0) is 9.53 Å². The van der Waals surface area contributed by atoms with Gasteiger partial charge in [0.05, 0.1) is 29.3 Å². The Kier molecular flexibility index (Phi) is 5.60. The minimum Gasteiger partial charge on any atom is -0.497 e. The molecule has 140 valence electrons. The van der Waals surface area contributed by atoms with Crippen molar-refractivity contribution in [3.8, 4) is 16.3 Å². The zero-order valence-corrected chi connectivity index (χ0v) is 16.2. The fourth-order valence-electron chi connectivity index (χ4n) is 3.04. The molecule has 1 amide bonds. The van der Waals surface area contributed by atoms with Crippen molar-refractivity contribution in [3.05, 3.63) is 34.8 Å². The van der Waals surface area contributed by atoms with E-state index in [0.29, 0.717) is 26.1 Å². The molecule has 1 fully saturated rings. The van der Waals surface area contributed by atoms with Crippen LogP contribution in [-0.4, -0.2) is 36.8 Å². The average molecular weight is 375 g/mol. The van der Waals surface area contributed by atoms with Crippen LogP contribution in [0.3, 0.4) is 0 Å². The molecule has 1 atom stereocenters. The number of benzene rings is 1. The minimum absolute atomic E-state index is 0.118. The Morgan fingerprint density at radius 2 is 2.00 bits per heavy atom. The summed E-state index contributed by atoms with van der Waals surface area (Å²) in [4.78, 5) is 18.4. The number of carbonyl (C=O) groups is 1. The summed E-state index contributed by atoms with van der Waals surface area (Å²) >= 11 is 1.59. The first kappa shape index (κ1) is 18.8.